The highest BCUT2D eigenvalue weighted by atomic mass is 16.5. The zero-order valence-electron chi connectivity index (χ0n) is 19.9. The number of fused-ring (bicyclic) bond motifs is 1. The normalized spacial score (nSPS) is 11.8. The summed E-state index contributed by atoms with van der Waals surface area (Å²) in [5, 5.41) is 9.73. The van der Waals surface area contributed by atoms with E-state index in [2.05, 4.69) is 25.9 Å². The minimum atomic E-state index is -0.565. The van der Waals surface area contributed by atoms with Crippen LogP contribution in [0.3, 0.4) is 0 Å². The van der Waals surface area contributed by atoms with Gasteiger partial charge in [-0.3, -0.25) is 0 Å². The van der Waals surface area contributed by atoms with Gasteiger partial charge in [0.15, 0.2) is 5.82 Å². The van der Waals surface area contributed by atoms with Crippen molar-refractivity contribution >= 4 is 34.4 Å². The van der Waals surface area contributed by atoms with Crippen molar-refractivity contribution in [2.75, 3.05) is 17.7 Å². The molecule has 0 bridgehead atoms. The molecule has 3 rings (SSSR count). The van der Waals surface area contributed by atoms with Crippen molar-refractivity contribution in [3.63, 3.8) is 0 Å². The molecule has 1 aromatic heterocycles. The number of carbonyl (C=O) groups excluding carboxylic acids is 2. The lowest BCUT2D eigenvalue weighted by molar-refractivity contribution is -0.142. The van der Waals surface area contributed by atoms with Gasteiger partial charge in [-0.05, 0) is 49.9 Å². The number of hydrogen-bond donors (Lipinski definition) is 3. The molecule has 33 heavy (non-hydrogen) atoms. The van der Waals surface area contributed by atoms with Gasteiger partial charge in [-0.1, -0.05) is 43.7 Å². The Bertz CT molecular complexity index is 1150. The molecule has 0 saturated heterocycles. The molecule has 3 aromatic rings. The summed E-state index contributed by atoms with van der Waals surface area (Å²) in [7, 11) is 1.36. The maximum absolute atomic E-state index is 12.6. The van der Waals surface area contributed by atoms with E-state index in [1.54, 1.807) is 0 Å². The Morgan fingerprint density at radius 1 is 1.03 bits per heavy atom. The first kappa shape index (κ1) is 24.0. The summed E-state index contributed by atoms with van der Waals surface area (Å²) in [6, 6.07) is 10.7. The van der Waals surface area contributed by atoms with Crippen LogP contribution < -0.4 is 16.0 Å². The molecule has 0 unspecified atom stereocenters. The molecule has 0 fully saturated rings. The summed E-state index contributed by atoms with van der Waals surface area (Å²) in [6.45, 7) is 9.94. The standard InChI is InChI=1S/C25H31N5O3/c1-14(2)21(24(31)33-6)29-23-18-9-7-8-10-19(18)27-20(28-23)13-26-25(32)30-22-16(4)11-15(3)12-17(22)5/h7-12,14,21H,13H2,1-6H3,(H2,26,30,32)(H,27,28,29)/t21-/m0/s1. The van der Waals surface area contributed by atoms with Gasteiger partial charge in [-0.25, -0.2) is 19.6 Å². The second-order valence-corrected chi connectivity index (χ2v) is 8.48. The maximum Gasteiger partial charge on any atom is 0.328 e. The van der Waals surface area contributed by atoms with E-state index in [1.165, 1.54) is 7.11 Å². The highest BCUT2D eigenvalue weighted by molar-refractivity contribution is 5.92. The van der Waals surface area contributed by atoms with E-state index in [0.29, 0.717) is 17.2 Å². The number of nitrogens with one attached hydrogen (secondary N) is 3. The van der Waals surface area contributed by atoms with Crippen LogP contribution in [0.2, 0.25) is 0 Å². The monoisotopic (exact) mass is 449 g/mol. The smallest absolute Gasteiger partial charge is 0.328 e. The SMILES string of the molecule is COC(=O)[C@@H](Nc1nc(CNC(=O)Nc2c(C)cc(C)cc2C)nc2ccccc12)C(C)C. The van der Waals surface area contributed by atoms with Crippen LogP contribution in [0.4, 0.5) is 16.3 Å². The van der Waals surface area contributed by atoms with Crippen LogP contribution in [-0.2, 0) is 16.1 Å². The number of ether oxygens (including phenoxy) is 1. The fourth-order valence-electron chi connectivity index (χ4n) is 3.78. The van der Waals surface area contributed by atoms with Crippen LogP contribution in [-0.4, -0.2) is 35.1 Å². The summed E-state index contributed by atoms with van der Waals surface area (Å²) in [5.74, 6) is 0.568. The molecule has 8 heteroatoms. The van der Waals surface area contributed by atoms with Gasteiger partial charge < -0.3 is 20.7 Å². The number of para-hydroxylation sites is 1. The number of carbonyl (C=O) groups is 2. The lowest BCUT2D eigenvalue weighted by Crippen LogP contribution is -2.36. The minimum absolute atomic E-state index is 0.0143. The third-order valence-corrected chi connectivity index (χ3v) is 5.39. The summed E-state index contributed by atoms with van der Waals surface area (Å²) in [6.07, 6.45) is 0. The van der Waals surface area contributed by atoms with Gasteiger partial charge in [0.2, 0.25) is 0 Å². The van der Waals surface area contributed by atoms with Gasteiger partial charge in [0.05, 0.1) is 19.2 Å². The van der Waals surface area contributed by atoms with Crippen molar-refractivity contribution < 1.29 is 14.3 Å². The van der Waals surface area contributed by atoms with E-state index in [-0.39, 0.29) is 24.5 Å². The number of anilines is 2. The Balaban J connectivity index is 1.81. The number of amides is 2. The lowest BCUT2D eigenvalue weighted by atomic mass is 10.0. The van der Waals surface area contributed by atoms with Gasteiger partial charge in [-0.15, -0.1) is 0 Å². The van der Waals surface area contributed by atoms with E-state index < -0.39 is 6.04 Å². The second kappa shape index (κ2) is 10.3. The van der Waals surface area contributed by atoms with Crippen molar-refractivity contribution in [3.05, 3.63) is 58.9 Å². The van der Waals surface area contributed by atoms with Gasteiger partial charge in [0.1, 0.15) is 11.9 Å². The zero-order chi connectivity index (χ0) is 24.1. The average Bonchev–Trinajstić information content (AvgIpc) is 2.77. The number of nitrogens with zero attached hydrogens (tertiary/aromatic N) is 2. The van der Waals surface area contributed by atoms with Crippen molar-refractivity contribution in [1.29, 1.82) is 0 Å². The second-order valence-electron chi connectivity index (χ2n) is 8.48. The van der Waals surface area contributed by atoms with Crippen molar-refractivity contribution in [1.82, 2.24) is 15.3 Å². The molecule has 0 spiro atoms. The molecule has 3 N–H and O–H groups in total. The van der Waals surface area contributed by atoms with Gasteiger partial charge in [-0.2, -0.15) is 0 Å². The highest BCUT2D eigenvalue weighted by Crippen LogP contribution is 2.23. The third-order valence-electron chi connectivity index (χ3n) is 5.39. The average molecular weight is 450 g/mol. The van der Waals surface area contributed by atoms with Crippen LogP contribution in [0.25, 0.3) is 10.9 Å². The predicted octanol–water partition coefficient (Wildman–Crippen LogP) is 4.49. The van der Waals surface area contributed by atoms with Crippen LogP contribution in [0.5, 0.6) is 0 Å². The number of methoxy groups -OCH3 is 1. The Morgan fingerprint density at radius 2 is 1.70 bits per heavy atom. The van der Waals surface area contributed by atoms with E-state index in [9.17, 15) is 9.59 Å². The molecule has 0 aliphatic heterocycles. The van der Waals surface area contributed by atoms with E-state index in [4.69, 9.17) is 4.74 Å². The van der Waals surface area contributed by atoms with Crippen LogP contribution in [0.1, 0.15) is 36.4 Å². The summed E-state index contributed by atoms with van der Waals surface area (Å²) in [5.41, 5.74) is 4.65. The summed E-state index contributed by atoms with van der Waals surface area (Å²) >= 11 is 0. The van der Waals surface area contributed by atoms with Crippen molar-refractivity contribution in [3.8, 4) is 0 Å². The number of urea groups is 1. The van der Waals surface area contributed by atoms with Crippen LogP contribution in [0, 0.1) is 26.7 Å². The van der Waals surface area contributed by atoms with E-state index >= 15 is 0 Å². The number of hydrogen-bond acceptors (Lipinski definition) is 6. The quantitative estimate of drug-likeness (QED) is 0.459. The molecule has 0 aliphatic carbocycles. The van der Waals surface area contributed by atoms with Crippen LogP contribution in [0.15, 0.2) is 36.4 Å². The van der Waals surface area contributed by atoms with E-state index in [0.717, 1.165) is 27.8 Å². The number of rotatable bonds is 7. The molecule has 2 amide bonds. The molecule has 1 atom stereocenters. The minimum Gasteiger partial charge on any atom is -0.467 e. The van der Waals surface area contributed by atoms with E-state index in [1.807, 2.05) is 71.0 Å². The molecule has 1 heterocycles. The number of aromatic nitrogens is 2. The first-order valence-corrected chi connectivity index (χ1v) is 10.9. The highest BCUT2D eigenvalue weighted by Gasteiger charge is 2.24. The molecule has 174 valence electrons. The fraction of sp³-hybridized carbons (Fsp3) is 0.360. The molecule has 8 nitrogen and oxygen atoms in total. The summed E-state index contributed by atoms with van der Waals surface area (Å²) < 4.78 is 4.94. The Kier molecular flexibility index (Phi) is 7.48. The predicted molar refractivity (Wildman–Crippen MR) is 130 cm³/mol. The maximum atomic E-state index is 12.6. The topological polar surface area (TPSA) is 105 Å². The zero-order valence-corrected chi connectivity index (χ0v) is 19.9. The Labute approximate surface area is 194 Å². The van der Waals surface area contributed by atoms with Gasteiger partial charge in [0.25, 0.3) is 0 Å². The van der Waals surface area contributed by atoms with Crippen molar-refractivity contribution in [2.45, 2.75) is 47.2 Å². The fourth-order valence-corrected chi connectivity index (χ4v) is 3.78. The Morgan fingerprint density at radius 3 is 2.33 bits per heavy atom. The molecule has 0 aliphatic rings. The largest absolute Gasteiger partial charge is 0.467 e. The third kappa shape index (κ3) is 5.77. The molecule has 2 aromatic carbocycles. The first-order chi connectivity index (χ1) is 15.7. The first-order valence-electron chi connectivity index (χ1n) is 10.9. The van der Waals surface area contributed by atoms with Gasteiger partial charge in [0, 0.05) is 11.1 Å². The molecular formula is C25H31N5O3. The lowest BCUT2D eigenvalue weighted by Gasteiger charge is -2.21. The Hall–Kier alpha value is -3.68. The number of aryl methyl sites for hydroxylation is 3. The van der Waals surface area contributed by atoms with Gasteiger partial charge >= 0.3 is 12.0 Å². The number of benzene rings is 2. The number of esters is 1. The molecule has 0 radical (unpaired) electrons. The molecule has 0 saturated carbocycles. The molecular weight excluding hydrogens is 418 g/mol. The van der Waals surface area contributed by atoms with Crippen molar-refractivity contribution in [2.24, 2.45) is 5.92 Å². The summed E-state index contributed by atoms with van der Waals surface area (Å²) in [4.78, 5) is 34.0. The van der Waals surface area contributed by atoms with Crippen LogP contribution >= 0.6 is 0 Å².